The van der Waals surface area contributed by atoms with Crippen molar-refractivity contribution in [3.05, 3.63) is 0 Å². The molecule has 104 valence electrons. The van der Waals surface area contributed by atoms with Crippen LogP contribution in [0.2, 0.25) is 0 Å². The predicted molar refractivity (Wildman–Crippen MR) is 72.3 cm³/mol. The van der Waals surface area contributed by atoms with Crippen LogP contribution in [0.5, 0.6) is 0 Å². The Morgan fingerprint density at radius 1 is 1.39 bits per heavy atom. The summed E-state index contributed by atoms with van der Waals surface area (Å²) in [6, 6.07) is 0.311. The number of hydrogen-bond donors (Lipinski definition) is 1. The predicted octanol–water partition coefficient (Wildman–Crippen LogP) is 2.74. The van der Waals surface area contributed by atoms with E-state index in [0.29, 0.717) is 25.2 Å². The molecular formula is C15H27NO2. The van der Waals surface area contributed by atoms with Crippen molar-refractivity contribution in [3.8, 4) is 0 Å². The molecule has 1 aliphatic heterocycles. The molecular weight excluding hydrogens is 226 g/mol. The van der Waals surface area contributed by atoms with Gasteiger partial charge in [-0.3, -0.25) is 4.79 Å². The lowest BCUT2D eigenvalue weighted by Gasteiger charge is -2.41. The van der Waals surface area contributed by atoms with Crippen LogP contribution in [-0.4, -0.2) is 25.2 Å². The number of carbonyl (C=O) groups excluding carboxylic acids is 1. The van der Waals surface area contributed by atoms with Gasteiger partial charge in [-0.2, -0.15) is 0 Å². The quantitative estimate of drug-likeness (QED) is 0.840. The molecule has 1 aliphatic carbocycles. The van der Waals surface area contributed by atoms with Crippen molar-refractivity contribution in [1.82, 2.24) is 5.32 Å². The summed E-state index contributed by atoms with van der Waals surface area (Å²) in [4.78, 5) is 12.7. The standard InChI is InChI=1S/C15H27NO2/c1-11(12-6-5-7-12)16-13(17)15(14(2,3)4)8-9-18-10-15/h11-12H,5-10H2,1-4H3,(H,16,17)/t11-,15?/m1/s1. The summed E-state index contributed by atoms with van der Waals surface area (Å²) in [5.41, 5.74) is -0.391. The molecule has 1 N–H and O–H groups in total. The molecule has 3 heteroatoms. The van der Waals surface area contributed by atoms with E-state index in [0.717, 1.165) is 6.42 Å². The maximum atomic E-state index is 12.7. The zero-order valence-electron chi connectivity index (χ0n) is 12.2. The molecule has 3 nitrogen and oxygen atoms in total. The smallest absolute Gasteiger partial charge is 0.229 e. The Balaban J connectivity index is 2.04. The number of ether oxygens (including phenoxy) is 1. The van der Waals surface area contributed by atoms with Gasteiger partial charge in [0.1, 0.15) is 0 Å². The largest absolute Gasteiger partial charge is 0.380 e. The monoisotopic (exact) mass is 253 g/mol. The highest BCUT2D eigenvalue weighted by atomic mass is 16.5. The summed E-state index contributed by atoms with van der Waals surface area (Å²) >= 11 is 0. The number of amides is 1. The van der Waals surface area contributed by atoms with Gasteiger partial charge in [0.15, 0.2) is 0 Å². The SMILES string of the molecule is C[C@@H](NC(=O)C1(C(C)(C)C)CCOC1)C1CCC1. The van der Waals surface area contributed by atoms with Crippen LogP contribution in [0.25, 0.3) is 0 Å². The highest BCUT2D eigenvalue weighted by Crippen LogP contribution is 2.45. The van der Waals surface area contributed by atoms with Gasteiger partial charge in [0.05, 0.1) is 12.0 Å². The maximum Gasteiger partial charge on any atom is 0.229 e. The van der Waals surface area contributed by atoms with E-state index in [4.69, 9.17) is 4.74 Å². The highest BCUT2D eigenvalue weighted by Gasteiger charge is 2.51. The van der Waals surface area contributed by atoms with Gasteiger partial charge in [-0.25, -0.2) is 0 Å². The van der Waals surface area contributed by atoms with Crippen molar-refractivity contribution >= 4 is 5.91 Å². The summed E-state index contributed by atoms with van der Waals surface area (Å²) in [5, 5.41) is 3.25. The zero-order valence-corrected chi connectivity index (χ0v) is 12.2. The molecule has 0 aromatic heterocycles. The van der Waals surface area contributed by atoms with E-state index in [9.17, 15) is 4.79 Å². The number of hydrogen-bond acceptors (Lipinski definition) is 2. The molecule has 18 heavy (non-hydrogen) atoms. The fourth-order valence-electron chi connectivity index (χ4n) is 3.08. The second-order valence-corrected chi connectivity index (χ2v) is 7.09. The Hall–Kier alpha value is -0.570. The molecule has 0 aromatic rings. The summed E-state index contributed by atoms with van der Waals surface area (Å²) in [5.74, 6) is 0.889. The van der Waals surface area contributed by atoms with Gasteiger partial charge in [0, 0.05) is 12.6 Å². The lowest BCUT2D eigenvalue weighted by molar-refractivity contribution is -0.139. The van der Waals surface area contributed by atoms with Crippen molar-refractivity contribution in [1.29, 1.82) is 0 Å². The Kier molecular flexibility index (Phi) is 3.72. The van der Waals surface area contributed by atoms with Crippen LogP contribution in [0.4, 0.5) is 0 Å². The van der Waals surface area contributed by atoms with Gasteiger partial charge in [-0.15, -0.1) is 0 Å². The first-order valence-electron chi connectivity index (χ1n) is 7.25. The van der Waals surface area contributed by atoms with Gasteiger partial charge in [0.2, 0.25) is 5.91 Å². The third kappa shape index (κ3) is 2.29. The van der Waals surface area contributed by atoms with Gasteiger partial charge in [-0.05, 0) is 37.5 Å². The highest BCUT2D eigenvalue weighted by molar-refractivity contribution is 5.84. The Bertz CT molecular complexity index is 309. The average Bonchev–Trinajstić information content (AvgIpc) is 2.62. The van der Waals surface area contributed by atoms with Gasteiger partial charge in [-0.1, -0.05) is 27.2 Å². The van der Waals surface area contributed by atoms with E-state index >= 15 is 0 Å². The van der Waals surface area contributed by atoms with Crippen molar-refractivity contribution in [3.63, 3.8) is 0 Å². The lowest BCUT2D eigenvalue weighted by atomic mass is 9.65. The van der Waals surface area contributed by atoms with Crippen molar-refractivity contribution in [2.45, 2.75) is 59.4 Å². The summed E-state index contributed by atoms with van der Waals surface area (Å²) < 4.78 is 5.53. The first kappa shape index (κ1) is 13.9. The van der Waals surface area contributed by atoms with E-state index < -0.39 is 0 Å². The van der Waals surface area contributed by atoms with Crippen LogP contribution in [0, 0.1) is 16.7 Å². The lowest BCUT2D eigenvalue weighted by Crippen LogP contribution is -2.53. The van der Waals surface area contributed by atoms with E-state index in [1.165, 1.54) is 19.3 Å². The molecule has 0 bridgehead atoms. The van der Waals surface area contributed by atoms with Crippen LogP contribution < -0.4 is 5.32 Å². The second kappa shape index (κ2) is 4.84. The van der Waals surface area contributed by atoms with Gasteiger partial charge < -0.3 is 10.1 Å². The molecule has 2 atom stereocenters. The van der Waals surface area contributed by atoms with Crippen molar-refractivity contribution < 1.29 is 9.53 Å². The van der Waals surface area contributed by atoms with E-state index in [1.807, 2.05) is 0 Å². The molecule has 1 amide bonds. The van der Waals surface area contributed by atoms with E-state index in [2.05, 4.69) is 33.0 Å². The Morgan fingerprint density at radius 2 is 2.06 bits per heavy atom. The molecule has 1 unspecified atom stereocenters. The molecule has 0 spiro atoms. The molecule has 2 rings (SSSR count). The number of carbonyl (C=O) groups is 1. The summed E-state index contributed by atoms with van der Waals surface area (Å²) in [6.45, 7) is 9.87. The van der Waals surface area contributed by atoms with Crippen LogP contribution >= 0.6 is 0 Å². The molecule has 1 saturated carbocycles. The van der Waals surface area contributed by atoms with Crippen LogP contribution in [-0.2, 0) is 9.53 Å². The minimum Gasteiger partial charge on any atom is -0.380 e. The zero-order chi connectivity index (χ0) is 13.4. The summed E-state index contributed by atoms with van der Waals surface area (Å²) in [6.07, 6.45) is 4.69. The molecule has 2 aliphatic rings. The number of rotatable bonds is 3. The minimum absolute atomic E-state index is 0.0487. The Labute approximate surface area is 111 Å². The van der Waals surface area contributed by atoms with Crippen molar-refractivity contribution in [2.24, 2.45) is 16.7 Å². The van der Waals surface area contributed by atoms with Crippen LogP contribution in [0.3, 0.4) is 0 Å². The fraction of sp³-hybridized carbons (Fsp3) is 0.933. The molecule has 1 heterocycles. The van der Waals surface area contributed by atoms with Crippen LogP contribution in [0.1, 0.15) is 53.4 Å². The molecule has 0 aromatic carbocycles. The van der Waals surface area contributed by atoms with Gasteiger partial charge >= 0.3 is 0 Å². The Morgan fingerprint density at radius 3 is 2.44 bits per heavy atom. The molecule has 2 fully saturated rings. The second-order valence-electron chi connectivity index (χ2n) is 7.09. The molecule has 0 radical (unpaired) electrons. The normalized spacial score (nSPS) is 30.9. The first-order valence-corrected chi connectivity index (χ1v) is 7.25. The number of nitrogens with one attached hydrogen (secondary N) is 1. The van der Waals surface area contributed by atoms with Crippen molar-refractivity contribution in [2.75, 3.05) is 13.2 Å². The maximum absolute atomic E-state index is 12.7. The van der Waals surface area contributed by atoms with E-state index in [1.54, 1.807) is 0 Å². The molecule has 1 saturated heterocycles. The average molecular weight is 253 g/mol. The first-order chi connectivity index (χ1) is 8.37. The minimum atomic E-state index is -0.342. The summed E-state index contributed by atoms with van der Waals surface area (Å²) in [7, 11) is 0. The van der Waals surface area contributed by atoms with Gasteiger partial charge in [0.25, 0.3) is 0 Å². The van der Waals surface area contributed by atoms with Crippen LogP contribution in [0.15, 0.2) is 0 Å². The topological polar surface area (TPSA) is 38.3 Å². The fourth-order valence-corrected chi connectivity index (χ4v) is 3.08. The van der Waals surface area contributed by atoms with E-state index in [-0.39, 0.29) is 16.7 Å². The third-order valence-electron chi connectivity index (χ3n) is 5.11. The third-order valence-corrected chi connectivity index (χ3v) is 5.11.